The molecule has 0 spiro atoms. The molecule has 1 aliphatic rings. The van der Waals surface area contributed by atoms with E-state index in [0.29, 0.717) is 0 Å². The number of aliphatic hydroxyl groups is 1. The Morgan fingerprint density at radius 2 is 2.42 bits per heavy atom. The molecule has 1 fully saturated rings. The van der Waals surface area contributed by atoms with Crippen LogP contribution in [0.5, 0.6) is 0 Å². The van der Waals surface area contributed by atoms with Gasteiger partial charge in [0.2, 0.25) is 0 Å². The SMILES string of the molecule is Cn1cc(C[C@@H]2[C@@H](O)CCN2Cc2cccs2)cn1. The topological polar surface area (TPSA) is 41.3 Å². The van der Waals surface area contributed by atoms with Gasteiger partial charge in [0.1, 0.15) is 0 Å². The average molecular weight is 277 g/mol. The summed E-state index contributed by atoms with van der Waals surface area (Å²) in [4.78, 5) is 3.76. The molecular weight excluding hydrogens is 258 g/mol. The fourth-order valence-corrected chi connectivity index (χ4v) is 3.51. The number of aromatic nitrogens is 2. The average Bonchev–Trinajstić information content (AvgIpc) is 3.08. The maximum Gasteiger partial charge on any atom is 0.0711 e. The number of thiophene rings is 1. The summed E-state index contributed by atoms with van der Waals surface area (Å²) in [6.45, 7) is 1.92. The van der Waals surface area contributed by atoms with Gasteiger partial charge in [-0.2, -0.15) is 5.10 Å². The number of likely N-dealkylation sites (tertiary alicyclic amines) is 1. The van der Waals surface area contributed by atoms with Crippen molar-refractivity contribution in [3.63, 3.8) is 0 Å². The highest BCUT2D eigenvalue weighted by molar-refractivity contribution is 7.09. The predicted octanol–water partition coefficient (Wildman–Crippen LogP) is 1.66. The van der Waals surface area contributed by atoms with E-state index >= 15 is 0 Å². The van der Waals surface area contributed by atoms with E-state index in [1.54, 1.807) is 11.3 Å². The molecule has 1 N–H and O–H groups in total. The van der Waals surface area contributed by atoms with Crippen LogP contribution in [0.15, 0.2) is 29.9 Å². The molecule has 102 valence electrons. The molecular formula is C14H19N3OS. The maximum absolute atomic E-state index is 10.2. The summed E-state index contributed by atoms with van der Waals surface area (Å²) in [5, 5.41) is 16.5. The maximum atomic E-state index is 10.2. The summed E-state index contributed by atoms with van der Waals surface area (Å²) in [6, 6.07) is 4.46. The molecule has 2 atom stereocenters. The molecule has 0 radical (unpaired) electrons. The lowest BCUT2D eigenvalue weighted by Crippen LogP contribution is -2.36. The molecule has 0 aliphatic carbocycles. The molecule has 1 saturated heterocycles. The zero-order chi connectivity index (χ0) is 13.2. The van der Waals surface area contributed by atoms with Gasteiger partial charge in [-0.3, -0.25) is 9.58 Å². The summed E-state index contributed by atoms with van der Waals surface area (Å²) >= 11 is 1.78. The Morgan fingerprint density at radius 3 is 3.11 bits per heavy atom. The number of nitrogens with zero attached hydrogens (tertiary/aromatic N) is 3. The lowest BCUT2D eigenvalue weighted by Gasteiger charge is -2.25. The first-order valence-electron chi connectivity index (χ1n) is 6.64. The highest BCUT2D eigenvalue weighted by Gasteiger charge is 2.33. The van der Waals surface area contributed by atoms with Crippen LogP contribution in [-0.4, -0.2) is 38.5 Å². The molecule has 3 rings (SSSR count). The van der Waals surface area contributed by atoms with Crippen LogP contribution in [0.4, 0.5) is 0 Å². The highest BCUT2D eigenvalue weighted by atomic mass is 32.1. The Labute approximate surface area is 117 Å². The Morgan fingerprint density at radius 1 is 1.53 bits per heavy atom. The van der Waals surface area contributed by atoms with E-state index in [1.165, 1.54) is 10.4 Å². The first kappa shape index (κ1) is 12.8. The van der Waals surface area contributed by atoms with Gasteiger partial charge in [0, 0.05) is 37.3 Å². The van der Waals surface area contributed by atoms with Gasteiger partial charge in [-0.05, 0) is 29.9 Å². The van der Waals surface area contributed by atoms with Crippen molar-refractivity contribution >= 4 is 11.3 Å². The molecule has 19 heavy (non-hydrogen) atoms. The molecule has 1 aliphatic heterocycles. The summed E-state index contributed by atoms with van der Waals surface area (Å²) in [7, 11) is 1.93. The summed E-state index contributed by atoms with van der Waals surface area (Å²) in [5.74, 6) is 0. The van der Waals surface area contributed by atoms with Crippen molar-refractivity contribution in [1.29, 1.82) is 0 Å². The largest absolute Gasteiger partial charge is 0.391 e. The minimum absolute atomic E-state index is 0.214. The predicted molar refractivity (Wildman–Crippen MR) is 76.1 cm³/mol. The molecule has 0 unspecified atom stereocenters. The van der Waals surface area contributed by atoms with Crippen molar-refractivity contribution in [2.45, 2.75) is 31.5 Å². The van der Waals surface area contributed by atoms with Gasteiger partial charge >= 0.3 is 0 Å². The first-order chi connectivity index (χ1) is 9.22. The van der Waals surface area contributed by atoms with Crippen molar-refractivity contribution in [2.75, 3.05) is 6.54 Å². The fraction of sp³-hybridized carbons (Fsp3) is 0.500. The lowest BCUT2D eigenvalue weighted by molar-refractivity contribution is 0.113. The summed E-state index contributed by atoms with van der Waals surface area (Å²) in [6.07, 6.45) is 5.46. The summed E-state index contributed by atoms with van der Waals surface area (Å²) < 4.78 is 1.82. The third kappa shape index (κ3) is 2.88. The molecule has 5 heteroatoms. The van der Waals surface area contributed by atoms with Gasteiger partial charge in [0.25, 0.3) is 0 Å². The van der Waals surface area contributed by atoms with E-state index in [0.717, 1.165) is 25.9 Å². The van der Waals surface area contributed by atoms with Gasteiger partial charge in [-0.15, -0.1) is 11.3 Å². The van der Waals surface area contributed by atoms with Crippen LogP contribution < -0.4 is 0 Å². The van der Waals surface area contributed by atoms with Crippen molar-refractivity contribution < 1.29 is 5.11 Å². The zero-order valence-electron chi connectivity index (χ0n) is 11.1. The van der Waals surface area contributed by atoms with Crippen molar-refractivity contribution in [3.8, 4) is 0 Å². The third-order valence-electron chi connectivity index (χ3n) is 3.77. The van der Waals surface area contributed by atoms with Gasteiger partial charge in [-0.1, -0.05) is 6.07 Å². The van der Waals surface area contributed by atoms with Crippen molar-refractivity contribution in [3.05, 3.63) is 40.3 Å². The van der Waals surface area contributed by atoms with Gasteiger partial charge in [0.05, 0.1) is 12.3 Å². The minimum atomic E-state index is -0.222. The van der Waals surface area contributed by atoms with Crippen molar-refractivity contribution in [2.24, 2.45) is 7.05 Å². The zero-order valence-corrected chi connectivity index (χ0v) is 11.9. The van der Waals surface area contributed by atoms with Crippen LogP contribution in [0.25, 0.3) is 0 Å². The molecule has 0 bridgehead atoms. The minimum Gasteiger partial charge on any atom is -0.391 e. The molecule has 3 heterocycles. The Balaban J connectivity index is 1.69. The molecule has 0 amide bonds. The van der Waals surface area contributed by atoms with Gasteiger partial charge < -0.3 is 5.11 Å². The molecule has 2 aromatic heterocycles. The van der Waals surface area contributed by atoms with E-state index in [4.69, 9.17) is 0 Å². The van der Waals surface area contributed by atoms with Crippen LogP contribution in [-0.2, 0) is 20.0 Å². The Bertz CT molecular complexity index is 523. The quantitative estimate of drug-likeness (QED) is 0.924. The normalized spacial score (nSPS) is 24.1. The monoisotopic (exact) mass is 277 g/mol. The molecule has 2 aromatic rings. The number of rotatable bonds is 4. The fourth-order valence-electron chi connectivity index (χ4n) is 2.78. The highest BCUT2D eigenvalue weighted by Crippen LogP contribution is 2.25. The van der Waals surface area contributed by atoms with Crippen LogP contribution >= 0.6 is 11.3 Å². The standard InChI is InChI=1S/C14H19N3OS/c1-16-9-11(8-15-16)7-13-14(18)4-5-17(13)10-12-3-2-6-19-12/h2-3,6,8-9,13-14,18H,4-5,7,10H2,1H3/t13-,14+/m1/s1. The van der Waals surface area contributed by atoms with E-state index in [2.05, 4.69) is 27.5 Å². The van der Waals surface area contributed by atoms with E-state index < -0.39 is 0 Å². The van der Waals surface area contributed by atoms with Crippen LogP contribution in [0, 0.1) is 0 Å². The molecule has 0 saturated carbocycles. The van der Waals surface area contributed by atoms with E-state index in [1.807, 2.05) is 24.1 Å². The number of hydrogen-bond donors (Lipinski definition) is 1. The lowest BCUT2D eigenvalue weighted by atomic mass is 10.0. The Hall–Kier alpha value is -1.17. The van der Waals surface area contributed by atoms with E-state index in [-0.39, 0.29) is 12.1 Å². The van der Waals surface area contributed by atoms with Gasteiger partial charge in [-0.25, -0.2) is 0 Å². The number of hydrogen-bond acceptors (Lipinski definition) is 4. The molecule has 0 aromatic carbocycles. The Kier molecular flexibility index (Phi) is 3.68. The smallest absolute Gasteiger partial charge is 0.0711 e. The number of aryl methyl sites for hydroxylation is 1. The van der Waals surface area contributed by atoms with Crippen molar-refractivity contribution in [1.82, 2.24) is 14.7 Å². The molecule has 4 nitrogen and oxygen atoms in total. The second kappa shape index (κ2) is 5.45. The van der Waals surface area contributed by atoms with Gasteiger partial charge in [0.15, 0.2) is 0 Å². The van der Waals surface area contributed by atoms with Crippen LogP contribution in [0.1, 0.15) is 16.9 Å². The van der Waals surface area contributed by atoms with Crippen LogP contribution in [0.3, 0.4) is 0 Å². The van der Waals surface area contributed by atoms with Crippen LogP contribution in [0.2, 0.25) is 0 Å². The second-order valence-corrected chi connectivity index (χ2v) is 6.23. The number of aliphatic hydroxyl groups excluding tert-OH is 1. The summed E-state index contributed by atoms with van der Waals surface area (Å²) in [5.41, 5.74) is 1.20. The second-order valence-electron chi connectivity index (χ2n) is 5.20. The first-order valence-corrected chi connectivity index (χ1v) is 7.52. The third-order valence-corrected chi connectivity index (χ3v) is 4.63. The van der Waals surface area contributed by atoms with E-state index in [9.17, 15) is 5.11 Å².